The summed E-state index contributed by atoms with van der Waals surface area (Å²) in [6, 6.07) is 11.2. The Balaban J connectivity index is 2.20. The predicted octanol–water partition coefficient (Wildman–Crippen LogP) is 5.88. The second-order valence-corrected chi connectivity index (χ2v) is 7.87. The van der Waals surface area contributed by atoms with Gasteiger partial charge in [-0.1, -0.05) is 49.2 Å². The summed E-state index contributed by atoms with van der Waals surface area (Å²) in [6.45, 7) is 4.48. The maximum atomic E-state index is 11.2. The molecule has 0 N–H and O–H groups in total. The first kappa shape index (κ1) is 22.7. The summed E-state index contributed by atoms with van der Waals surface area (Å²) in [4.78, 5) is 11.2. The minimum atomic E-state index is -0.429. The zero-order valence-corrected chi connectivity index (χ0v) is 18.3. The molecule has 0 fully saturated rings. The molecule has 2 rings (SSSR count). The van der Waals surface area contributed by atoms with Gasteiger partial charge in [0.15, 0.2) is 12.4 Å². The molecule has 0 atom stereocenters. The van der Waals surface area contributed by atoms with Crippen LogP contribution in [0, 0.1) is 0 Å². The number of esters is 1. The van der Waals surface area contributed by atoms with Crippen LogP contribution < -0.4 is 9.47 Å². The van der Waals surface area contributed by atoms with E-state index in [1.54, 1.807) is 0 Å². The number of hydrogen-bond donors (Lipinski definition) is 0. The van der Waals surface area contributed by atoms with E-state index >= 15 is 0 Å². The Bertz CT molecular complexity index is 781. The van der Waals surface area contributed by atoms with Crippen LogP contribution in [0.25, 0.3) is 0 Å². The van der Waals surface area contributed by atoms with Gasteiger partial charge >= 0.3 is 5.97 Å². The van der Waals surface area contributed by atoms with E-state index in [-0.39, 0.29) is 12.0 Å². The Morgan fingerprint density at radius 2 is 1.61 bits per heavy atom. The highest BCUT2D eigenvalue weighted by atomic mass is 35.5. The number of hydrogen-bond acceptors (Lipinski definition) is 4. The predicted molar refractivity (Wildman–Crippen MR) is 113 cm³/mol. The molecule has 0 bridgehead atoms. The summed E-state index contributed by atoms with van der Waals surface area (Å²) >= 11 is 18.5. The fraction of sp³-hybridized carbons (Fsp3) is 0.381. The quantitative estimate of drug-likeness (QED) is 0.275. The molecule has 0 saturated heterocycles. The molecule has 0 radical (unpaired) electrons. The monoisotopic (exact) mass is 444 g/mol. The number of carbonyl (C=O) groups is 1. The second kappa shape index (κ2) is 10.2. The molecule has 2 aromatic rings. The number of benzene rings is 2. The lowest BCUT2D eigenvalue weighted by Crippen LogP contribution is -2.19. The van der Waals surface area contributed by atoms with E-state index in [4.69, 9.17) is 44.3 Å². The Kier molecular flexibility index (Phi) is 8.29. The van der Waals surface area contributed by atoms with Crippen molar-refractivity contribution in [3.8, 4) is 11.5 Å². The third kappa shape index (κ3) is 5.69. The summed E-state index contributed by atoms with van der Waals surface area (Å²) in [5, 5.41) is 0.923. The smallest absolute Gasteiger partial charge is 0.343 e. The summed E-state index contributed by atoms with van der Waals surface area (Å²) in [6.07, 6.45) is 0.714. The number of alkyl halides is 1. The van der Waals surface area contributed by atoms with Gasteiger partial charge in [-0.2, -0.15) is 0 Å². The molecule has 0 heterocycles. The number of ether oxygens (including phenoxy) is 3. The molecule has 0 aromatic heterocycles. The number of rotatable bonds is 9. The molecule has 0 amide bonds. The van der Waals surface area contributed by atoms with Crippen LogP contribution in [0.2, 0.25) is 10.0 Å². The molecular weight excluding hydrogens is 423 g/mol. The van der Waals surface area contributed by atoms with Crippen molar-refractivity contribution in [2.24, 2.45) is 0 Å². The minimum Gasteiger partial charge on any atom is -0.490 e. The Labute approximate surface area is 180 Å². The lowest BCUT2D eigenvalue weighted by Gasteiger charge is -2.27. The van der Waals surface area contributed by atoms with Crippen LogP contribution in [-0.2, 0) is 14.9 Å². The molecule has 0 aliphatic rings. The lowest BCUT2D eigenvalue weighted by atomic mass is 9.78. The van der Waals surface area contributed by atoms with Crippen molar-refractivity contribution in [2.45, 2.75) is 25.7 Å². The number of methoxy groups -OCH3 is 1. The molecular formula is C21H23Cl3O4. The average Bonchev–Trinajstić information content (AvgIpc) is 2.68. The van der Waals surface area contributed by atoms with Crippen molar-refractivity contribution in [2.75, 3.05) is 26.2 Å². The van der Waals surface area contributed by atoms with Crippen molar-refractivity contribution < 1.29 is 19.0 Å². The zero-order chi connectivity index (χ0) is 20.7. The zero-order valence-electron chi connectivity index (χ0n) is 16.1. The van der Waals surface area contributed by atoms with Gasteiger partial charge in [-0.05, 0) is 41.8 Å². The van der Waals surface area contributed by atoms with Gasteiger partial charge in [0.05, 0.1) is 23.8 Å². The SMILES string of the molecule is COC(=O)COc1ccc(C(C)(C)c2cc(Cl)c(OCCCCl)c(Cl)c2)cc1. The van der Waals surface area contributed by atoms with E-state index in [9.17, 15) is 4.79 Å². The van der Waals surface area contributed by atoms with Crippen molar-refractivity contribution in [3.05, 3.63) is 57.6 Å². The molecule has 4 nitrogen and oxygen atoms in total. The normalized spacial score (nSPS) is 11.2. The fourth-order valence-electron chi connectivity index (χ4n) is 2.62. The Morgan fingerprint density at radius 3 is 2.14 bits per heavy atom. The lowest BCUT2D eigenvalue weighted by molar-refractivity contribution is -0.142. The summed E-state index contributed by atoms with van der Waals surface area (Å²) in [5.74, 6) is 1.14. The first-order valence-corrected chi connectivity index (χ1v) is 10.1. The molecule has 28 heavy (non-hydrogen) atoms. The van der Waals surface area contributed by atoms with Crippen LogP contribution in [0.15, 0.2) is 36.4 Å². The van der Waals surface area contributed by atoms with Crippen LogP contribution in [-0.4, -0.2) is 32.2 Å². The van der Waals surface area contributed by atoms with Crippen molar-refractivity contribution in [3.63, 3.8) is 0 Å². The standard InChI is InChI=1S/C21H23Cl3O4/c1-21(2,14-5-7-16(8-6-14)28-13-19(25)26-3)15-11-17(23)20(18(24)12-15)27-10-4-9-22/h5-8,11-12H,4,9-10,13H2,1-3H3. The largest absolute Gasteiger partial charge is 0.490 e. The van der Waals surface area contributed by atoms with Gasteiger partial charge in [-0.15, -0.1) is 11.6 Å². The highest BCUT2D eigenvalue weighted by molar-refractivity contribution is 6.37. The molecule has 0 spiro atoms. The van der Waals surface area contributed by atoms with Gasteiger partial charge in [0.2, 0.25) is 0 Å². The second-order valence-electron chi connectivity index (χ2n) is 6.67. The highest BCUT2D eigenvalue weighted by Crippen LogP contribution is 2.40. The van der Waals surface area contributed by atoms with Crippen LogP contribution in [0.4, 0.5) is 0 Å². The molecule has 2 aromatic carbocycles. The van der Waals surface area contributed by atoms with Gasteiger partial charge in [0.1, 0.15) is 5.75 Å². The molecule has 7 heteroatoms. The van der Waals surface area contributed by atoms with E-state index in [1.165, 1.54) is 7.11 Å². The highest BCUT2D eigenvalue weighted by Gasteiger charge is 2.25. The Morgan fingerprint density at radius 1 is 1.00 bits per heavy atom. The first-order chi connectivity index (χ1) is 13.3. The fourth-order valence-corrected chi connectivity index (χ4v) is 3.33. The maximum Gasteiger partial charge on any atom is 0.343 e. The van der Waals surface area contributed by atoms with Crippen LogP contribution in [0.3, 0.4) is 0 Å². The van der Waals surface area contributed by atoms with Crippen molar-refractivity contribution >= 4 is 40.8 Å². The summed E-state index contributed by atoms with van der Waals surface area (Å²) < 4.78 is 15.6. The van der Waals surface area contributed by atoms with Crippen molar-refractivity contribution in [1.82, 2.24) is 0 Å². The van der Waals surface area contributed by atoms with Crippen LogP contribution >= 0.6 is 34.8 Å². The third-order valence-electron chi connectivity index (χ3n) is 4.40. The van der Waals surface area contributed by atoms with Gasteiger partial charge < -0.3 is 14.2 Å². The maximum absolute atomic E-state index is 11.2. The van der Waals surface area contributed by atoms with Gasteiger partial charge in [0.25, 0.3) is 0 Å². The molecule has 0 aliphatic carbocycles. The molecule has 0 saturated carbocycles. The van der Waals surface area contributed by atoms with E-state index in [0.717, 1.165) is 11.1 Å². The first-order valence-electron chi connectivity index (χ1n) is 8.78. The van der Waals surface area contributed by atoms with Crippen molar-refractivity contribution in [1.29, 1.82) is 0 Å². The average molecular weight is 446 g/mol. The Hall–Kier alpha value is -1.62. The van der Waals surface area contributed by atoms with Crippen LogP contribution in [0.5, 0.6) is 11.5 Å². The molecule has 152 valence electrons. The number of halogens is 3. The summed E-state index contributed by atoms with van der Waals surface area (Å²) in [5.41, 5.74) is 1.64. The topological polar surface area (TPSA) is 44.8 Å². The summed E-state index contributed by atoms with van der Waals surface area (Å²) in [7, 11) is 1.32. The van der Waals surface area contributed by atoms with Gasteiger partial charge in [-0.3, -0.25) is 0 Å². The van der Waals surface area contributed by atoms with E-state index in [0.29, 0.717) is 40.5 Å². The third-order valence-corrected chi connectivity index (χ3v) is 5.23. The van der Waals surface area contributed by atoms with E-state index in [1.807, 2.05) is 36.4 Å². The minimum absolute atomic E-state index is 0.129. The number of carbonyl (C=O) groups excluding carboxylic acids is 1. The van der Waals surface area contributed by atoms with Crippen LogP contribution in [0.1, 0.15) is 31.4 Å². The molecule has 0 unspecified atom stereocenters. The molecule has 0 aliphatic heterocycles. The van der Waals surface area contributed by atoms with Gasteiger partial charge in [0, 0.05) is 11.3 Å². The van der Waals surface area contributed by atoms with Gasteiger partial charge in [-0.25, -0.2) is 4.79 Å². The van der Waals surface area contributed by atoms with E-state index in [2.05, 4.69) is 18.6 Å². The van der Waals surface area contributed by atoms with E-state index < -0.39 is 5.97 Å².